The molecule has 2 unspecified atom stereocenters. The number of nitrogens with zero attached hydrogens (tertiary/aromatic N) is 1. The second-order valence-electron chi connectivity index (χ2n) is 11.2. The van der Waals surface area contributed by atoms with Crippen molar-refractivity contribution < 1.29 is 19.1 Å². The Morgan fingerprint density at radius 3 is 2.10 bits per heavy atom. The molecule has 0 heterocycles. The fraction of sp³-hybridized carbons (Fsp3) is 0.531. The standard InChI is InChI=1S/C32H47N3O4S/c1-8-10-11-12-20-35(30(37)26(21-40)33-31(38)39-32(5,6)7)28(25-18-16-24(9-2)17-19-25)29(36)34-27-22(3)14-13-15-23(27)4/h13-19,26,28,40H,8-12,20-21H2,1-7H3,(H,33,38)(H,34,36). The van der Waals surface area contributed by atoms with Crippen LogP contribution in [-0.4, -0.2) is 46.7 Å². The van der Waals surface area contributed by atoms with Crippen LogP contribution in [0.2, 0.25) is 0 Å². The highest BCUT2D eigenvalue weighted by Gasteiger charge is 2.36. The summed E-state index contributed by atoms with van der Waals surface area (Å²) in [5.41, 5.74) is 3.74. The normalized spacial score (nSPS) is 12.8. The number of nitrogens with one attached hydrogen (secondary N) is 2. The van der Waals surface area contributed by atoms with Crippen LogP contribution in [0.3, 0.4) is 0 Å². The maximum atomic E-state index is 14.1. The molecule has 0 saturated carbocycles. The molecule has 2 aromatic carbocycles. The molecule has 2 aromatic rings. The molecule has 0 radical (unpaired) electrons. The SMILES string of the molecule is CCCCCCN(C(=O)C(CS)NC(=O)OC(C)(C)C)C(C(=O)Nc1c(C)cccc1C)c1ccc(CC)cc1. The van der Waals surface area contributed by atoms with Crippen LogP contribution in [0.4, 0.5) is 10.5 Å². The van der Waals surface area contributed by atoms with E-state index in [1.165, 1.54) is 0 Å². The molecule has 3 amide bonds. The van der Waals surface area contributed by atoms with Gasteiger partial charge in [0, 0.05) is 18.0 Å². The van der Waals surface area contributed by atoms with Gasteiger partial charge in [-0.3, -0.25) is 9.59 Å². The third-order valence-electron chi connectivity index (χ3n) is 6.70. The first-order valence-corrected chi connectivity index (χ1v) is 14.9. The number of hydrogen-bond acceptors (Lipinski definition) is 5. The lowest BCUT2D eigenvalue weighted by Gasteiger charge is -2.34. The van der Waals surface area contributed by atoms with Gasteiger partial charge in [0.15, 0.2) is 0 Å². The molecule has 2 atom stereocenters. The summed E-state index contributed by atoms with van der Waals surface area (Å²) in [6.07, 6.45) is 3.88. The van der Waals surface area contributed by atoms with Gasteiger partial charge in [0.2, 0.25) is 5.91 Å². The van der Waals surface area contributed by atoms with Gasteiger partial charge in [-0.1, -0.05) is 75.6 Å². The minimum absolute atomic E-state index is 0.0591. The minimum atomic E-state index is -0.963. The summed E-state index contributed by atoms with van der Waals surface area (Å²) in [6.45, 7) is 13.7. The number of anilines is 1. The number of unbranched alkanes of at least 4 members (excludes halogenated alkanes) is 3. The van der Waals surface area contributed by atoms with Crippen LogP contribution >= 0.6 is 12.6 Å². The van der Waals surface area contributed by atoms with Crippen molar-refractivity contribution in [3.05, 3.63) is 64.7 Å². The van der Waals surface area contributed by atoms with E-state index >= 15 is 0 Å². The number of ether oxygens (including phenoxy) is 1. The molecule has 2 rings (SSSR count). The van der Waals surface area contributed by atoms with Crippen LogP contribution in [0.1, 0.15) is 88.6 Å². The molecule has 0 aliphatic carbocycles. The molecular formula is C32H47N3O4S. The predicted molar refractivity (Wildman–Crippen MR) is 166 cm³/mol. The number of thiol groups is 1. The molecule has 0 aliphatic rings. The summed E-state index contributed by atoms with van der Waals surface area (Å²) >= 11 is 4.38. The Morgan fingerprint density at radius 1 is 0.950 bits per heavy atom. The van der Waals surface area contributed by atoms with Crippen molar-refractivity contribution >= 4 is 36.2 Å². The Labute approximate surface area is 245 Å². The van der Waals surface area contributed by atoms with E-state index in [1.54, 1.807) is 25.7 Å². The average Bonchev–Trinajstić information content (AvgIpc) is 2.90. The van der Waals surface area contributed by atoms with Gasteiger partial charge in [0.1, 0.15) is 17.7 Å². The number of carbonyl (C=O) groups is 3. The van der Waals surface area contributed by atoms with E-state index in [4.69, 9.17) is 4.74 Å². The molecule has 0 fully saturated rings. The highest BCUT2D eigenvalue weighted by Crippen LogP contribution is 2.28. The number of rotatable bonds is 13. The second kappa shape index (κ2) is 15.7. The number of aryl methyl sites for hydroxylation is 3. The average molecular weight is 570 g/mol. The van der Waals surface area contributed by atoms with Crippen molar-refractivity contribution in [1.82, 2.24) is 10.2 Å². The number of carbonyl (C=O) groups excluding carboxylic acids is 3. The Bertz CT molecular complexity index is 1110. The summed E-state index contributed by atoms with van der Waals surface area (Å²) in [4.78, 5) is 42.4. The van der Waals surface area contributed by atoms with E-state index in [9.17, 15) is 14.4 Å². The van der Waals surface area contributed by atoms with Gasteiger partial charge in [-0.25, -0.2) is 4.79 Å². The van der Waals surface area contributed by atoms with Gasteiger partial charge in [-0.2, -0.15) is 12.6 Å². The van der Waals surface area contributed by atoms with E-state index in [0.717, 1.165) is 54.5 Å². The first kappa shape index (κ1) is 33.2. The number of hydrogen-bond donors (Lipinski definition) is 3. The van der Waals surface area contributed by atoms with E-state index in [-0.39, 0.29) is 17.6 Å². The molecule has 2 N–H and O–H groups in total. The summed E-state index contributed by atoms with van der Waals surface area (Å²) in [5.74, 6) is -0.622. The number of para-hydroxylation sites is 1. The molecule has 0 bridgehead atoms. The zero-order chi connectivity index (χ0) is 29.9. The van der Waals surface area contributed by atoms with Crippen LogP contribution in [0.5, 0.6) is 0 Å². The number of alkyl carbamates (subject to hydrolysis) is 1. The Balaban J connectivity index is 2.53. The molecule has 7 nitrogen and oxygen atoms in total. The van der Waals surface area contributed by atoms with Crippen LogP contribution in [0.25, 0.3) is 0 Å². The molecule has 0 saturated heterocycles. The first-order valence-electron chi connectivity index (χ1n) is 14.3. The highest BCUT2D eigenvalue weighted by atomic mass is 32.1. The quantitative estimate of drug-likeness (QED) is 0.183. The second-order valence-corrected chi connectivity index (χ2v) is 11.6. The van der Waals surface area contributed by atoms with Gasteiger partial charge < -0.3 is 20.3 Å². The van der Waals surface area contributed by atoms with Crippen molar-refractivity contribution in [2.45, 2.75) is 98.3 Å². The lowest BCUT2D eigenvalue weighted by Crippen LogP contribution is -2.53. The van der Waals surface area contributed by atoms with Gasteiger partial charge in [0.05, 0.1) is 0 Å². The molecule has 0 aliphatic heterocycles. The zero-order valence-electron chi connectivity index (χ0n) is 25.2. The van der Waals surface area contributed by atoms with Crippen LogP contribution in [0.15, 0.2) is 42.5 Å². The lowest BCUT2D eigenvalue weighted by atomic mass is 9.99. The minimum Gasteiger partial charge on any atom is -0.444 e. The smallest absolute Gasteiger partial charge is 0.408 e. The van der Waals surface area contributed by atoms with Crippen LogP contribution in [-0.2, 0) is 20.7 Å². The predicted octanol–water partition coefficient (Wildman–Crippen LogP) is 6.78. The third kappa shape index (κ3) is 9.88. The molecule has 40 heavy (non-hydrogen) atoms. The van der Waals surface area contributed by atoms with Gasteiger partial charge in [-0.15, -0.1) is 0 Å². The van der Waals surface area contributed by atoms with Gasteiger partial charge in [-0.05, 0) is 69.7 Å². The molecular weight excluding hydrogens is 522 g/mol. The summed E-state index contributed by atoms with van der Waals surface area (Å²) < 4.78 is 5.40. The van der Waals surface area contributed by atoms with Crippen molar-refractivity contribution in [2.24, 2.45) is 0 Å². The monoisotopic (exact) mass is 569 g/mol. The summed E-state index contributed by atoms with van der Waals surface area (Å²) in [7, 11) is 0. The van der Waals surface area contributed by atoms with Crippen molar-refractivity contribution in [1.29, 1.82) is 0 Å². The summed E-state index contributed by atoms with van der Waals surface area (Å²) in [6, 6.07) is 11.8. The maximum Gasteiger partial charge on any atom is 0.408 e. The molecule has 220 valence electrons. The summed E-state index contributed by atoms with van der Waals surface area (Å²) in [5, 5.41) is 5.78. The van der Waals surface area contributed by atoms with E-state index < -0.39 is 23.8 Å². The first-order chi connectivity index (χ1) is 18.9. The molecule has 8 heteroatoms. The largest absolute Gasteiger partial charge is 0.444 e. The lowest BCUT2D eigenvalue weighted by molar-refractivity contribution is -0.140. The van der Waals surface area contributed by atoms with Gasteiger partial charge in [0.25, 0.3) is 5.91 Å². The Kier molecular flexibility index (Phi) is 13.0. The van der Waals surface area contributed by atoms with Gasteiger partial charge >= 0.3 is 6.09 Å². The van der Waals surface area contributed by atoms with Crippen molar-refractivity contribution in [3.8, 4) is 0 Å². The highest BCUT2D eigenvalue weighted by molar-refractivity contribution is 7.80. The van der Waals surface area contributed by atoms with Crippen molar-refractivity contribution in [3.63, 3.8) is 0 Å². The van der Waals surface area contributed by atoms with Crippen LogP contribution in [0, 0.1) is 13.8 Å². The van der Waals surface area contributed by atoms with Crippen molar-refractivity contribution in [2.75, 3.05) is 17.6 Å². The maximum absolute atomic E-state index is 14.1. The molecule has 0 spiro atoms. The Morgan fingerprint density at radius 2 is 1.57 bits per heavy atom. The van der Waals surface area contributed by atoms with E-state index in [0.29, 0.717) is 12.1 Å². The Hall–Kier alpha value is -3.00. The molecule has 0 aromatic heterocycles. The fourth-order valence-corrected chi connectivity index (χ4v) is 4.77. The number of amides is 3. The van der Waals surface area contributed by atoms with E-state index in [2.05, 4.69) is 37.1 Å². The number of benzene rings is 2. The van der Waals surface area contributed by atoms with Crippen LogP contribution < -0.4 is 10.6 Å². The fourth-order valence-electron chi connectivity index (χ4n) is 4.52. The third-order valence-corrected chi connectivity index (χ3v) is 7.07. The van der Waals surface area contributed by atoms with E-state index in [1.807, 2.05) is 56.3 Å². The zero-order valence-corrected chi connectivity index (χ0v) is 26.1. The topological polar surface area (TPSA) is 87.7 Å².